The standard InChI is InChI=1S/C16H15ClFNO3/c1-22-12-3-5-15(20)11(6-12)8-19-9-16(21)10-2-4-13(17)14(18)7-10/h2-8,16,20-21H,9H2,1H3. The fourth-order valence-corrected chi connectivity index (χ4v) is 1.96. The molecule has 0 saturated heterocycles. The first-order valence-electron chi connectivity index (χ1n) is 6.51. The first kappa shape index (κ1) is 16.3. The van der Waals surface area contributed by atoms with Crippen molar-refractivity contribution in [3.63, 3.8) is 0 Å². The number of halogens is 2. The molecule has 0 saturated carbocycles. The number of aromatic hydroxyl groups is 1. The molecule has 2 N–H and O–H groups in total. The van der Waals surface area contributed by atoms with Crippen LogP contribution in [-0.2, 0) is 0 Å². The molecule has 6 heteroatoms. The first-order chi connectivity index (χ1) is 10.5. The molecule has 0 aliphatic carbocycles. The zero-order chi connectivity index (χ0) is 16.1. The zero-order valence-electron chi connectivity index (χ0n) is 11.8. The van der Waals surface area contributed by atoms with Crippen LogP contribution in [-0.4, -0.2) is 30.1 Å². The largest absolute Gasteiger partial charge is 0.507 e. The summed E-state index contributed by atoms with van der Waals surface area (Å²) in [7, 11) is 1.52. The monoisotopic (exact) mass is 323 g/mol. The summed E-state index contributed by atoms with van der Waals surface area (Å²) in [4.78, 5) is 4.06. The van der Waals surface area contributed by atoms with Crippen LogP contribution in [0.1, 0.15) is 17.2 Å². The van der Waals surface area contributed by atoms with Gasteiger partial charge in [0.2, 0.25) is 0 Å². The highest BCUT2D eigenvalue weighted by molar-refractivity contribution is 6.30. The number of ether oxygens (including phenoxy) is 1. The Hall–Kier alpha value is -2.11. The molecule has 0 aliphatic heterocycles. The maximum atomic E-state index is 13.3. The predicted octanol–water partition coefficient (Wildman–Crippen LogP) is 3.35. The molecule has 0 radical (unpaired) electrons. The van der Waals surface area contributed by atoms with Gasteiger partial charge in [-0.3, -0.25) is 4.99 Å². The first-order valence-corrected chi connectivity index (χ1v) is 6.89. The van der Waals surface area contributed by atoms with Gasteiger partial charge in [-0.15, -0.1) is 0 Å². The van der Waals surface area contributed by atoms with E-state index in [4.69, 9.17) is 16.3 Å². The van der Waals surface area contributed by atoms with E-state index in [2.05, 4.69) is 4.99 Å². The summed E-state index contributed by atoms with van der Waals surface area (Å²) in [6.45, 7) is 0.0255. The van der Waals surface area contributed by atoms with Crippen LogP contribution in [0.5, 0.6) is 11.5 Å². The van der Waals surface area contributed by atoms with Gasteiger partial charge in [0, 0.05) is 11.8 Å². The van der Waals surface area contributed by atoms with E-state index in [1.54, 1.807) is 12.1 Å². The Morgan fingerprint density at radius 2 is 2.09 bits per heavy atom. The van der Waals surface area contributed by atoms with Crippen LogP contribution < -0.4 is 4.74 Å². The molecule has 0 aliphatic rings. The van der Waals surface area contributed by atoms with Gasteiger partial charge in [-0.1, -0.05) is 17.7 Å². The van der Waals surface area contributed by atoms with E-state index >= 15 is 0 Å². The quantitative estimate of drug-likeness (QED) is 0.829. The normalized spacial score (nSPS) is 12.5. The van der Waals surface area contributed by atoms with Crippen molar-refractivity contribution in [3.8, 4) is 11.5 Å². The summed E-state index contributed by atoms with van der Waals surface area (Å²) < 4.78 is 18.4. The third-order valence-corrected chi connectivity index (χ3v) is 3.38. The lowest BCUT2D eigenvalue weighted by Gasteiger charge is -2.09. The Bertz CT molecular complexity index is 691. The third kappa shape index (κ3) is 3.96. The molecule has 0 aromatic heterocycles. The number of aliphatic imine (C=N–C) groups is 1. The van der Waals surface area contributed by atoms with E-state index < -0.39 is 11.9 Å². The highest BCUT2D eigenvalue weighted by atomic mass is 35.5. The fourth-order valence-electron chi connectivity index (χ4n) is 1.84. The molecule has 0 spiro atoms. The van der Waals surface area contributed by atoms with Crippen molar-refractivity contribution in [1.82, 2.24) is 0 Å². The van der Waals surface area contributed by atoms with Crippen LogP contribution >= 0.6 is 11.6 Å². The van der Waals surface area contributed by atoms with Crippen molar-refractivity contribution >= 4 is 17.8 Å². The number of nitrogens with zero attached hydrogens (tertiary/aromatic N) is 1. The summed E-state index contributed by atoms with van der Waals surface area (Å²) in [6.07, 6.45) is 0.462. The van der Waals surface area contributed by atoms with Crippen molar-refractivity contribution < 1.29 is 19.3 Å². The molecular weight excluding hydrogens is 309 g/mol. The second-order valence-corrected chi connectivity index (χ2v) is 5.02. The minimum atomic E-state index is -0.962. The lowest BCUT2D eigenvalue weighted by molar-refractivity contribution is 0.187. The van der Waals surface area contributed by atoms with Crippen LogP contribution in [0.3, 0.4) is 0 Å². The predicted molar refractivity (Wildman–Crippen MR) is 83.5 cm³/mol. The number of methoxy groups -OCH3 is 1. The number of rotatable bonds is 5. The van der Waals surface area contributed by atoms with Crippen LogP contribution in [0.2, 0.25) is 5.02 Å². The van der Waals surface area contributed by atoms with Crippen LogP contribution in [0.4, 0.5) is 4.39 Å². The number of hydrogen-bond donors (Lipinski definition) is 2. The summed E-state index contributed by atoms with van der Waals surface area (Å²) >= 11 is 5.59. The minimum absolute atomic E-state index is 0.000698. The number of benzene rings is 2. The molecule has 0 amide bonds. The number of phenolic OH excluding ortho intramolecular Hbond substituents is 1. The molecule has 2 aromatic rings. The van der Waals surface area contributed by atoms with Gasteiger partial charge in [-0.2, -0.15) is 0 Å². The van der Waals surface area contributed by atoms with Gasteiger partial charge in [0.05, 0.1) is 24.8 Å². The summed E-state index contributed by atoms with van der Waals surface area (Å²) in [5.74, 6) is 0.0452. The van der Waals surface area contributed by atoms with E-state index in [0.29, 0.717) is 16.9 Å². The van der Waals surface area contributed by atoms with Crippen molar-refractivity contribution in [2.45, 2.75) is 6.10 Å². The molecule has 22 heavy (non-hydrogen) atoms. The highest BCUT2D eigenvalue weighted by Gasteiger charge is 2.09. The Morgan fingerprint density at radius 1 is 1.32 bits per heavy atom. The topological polar surface area (TPSA) is 62.0 Å². The molecule has 0 heterocycles. The lowest BCUT2D eigenvalue weighted by Crippen LogP contribution is -2.02. The molecule has 1 atom stereocenters. The molecule has 0 bridgehead atoms. The minimum Gasteiger partial charge on any atom is -0.507 e. The van der Waals surface area contributed by atoms with E-state index in [1.165, 1.54) is 37.6 Å². The zero-order valence-corrected chi connectivity index (χ0v) is 12.6. The van der Waals surface area contributed by atoms with Crippen LogP contribution in [0, 0.1) is 5.82 Å². The Morgan fingerprint density at radius 3 is 2.77 bits per heavy atom. The molecule has 116 valence electrons. The molecule has 4 nitrogen and oxygen atoms in total. The summed E-state index contributed by atoms with van der Waals surface area (Å²) in [6, 6.07) is 8.82. The second kappa shape index (κ2) is 7.24. The average Bonchev–Trinajstić information content (AvgIpc) is 2.51. The summed E-state index contributed by atoms with van der Waals surface area (Å²) in [5, 5.41) is 19.7. The number of aliphatic hydroxyl groups is 1. The van der Waals surface area contributed by atoms with Gasteiger partial charge >= 0.3 is 0 Å². The Labute approximate surface area is 132 Å². The second-order valence-electron chi connectivity index (χ2n) is 4.61. The molecule has 1 unspecified atom stereocenters. The molecule has 2 aromatic carbocycles. The van der Waals surface area contributed by atoms with Gasteiger partial charge in [0.25, 0.3) is 0 Å². The summed E-state index contributed by atoms with van der Waals surface area (Å²) in [5.41, 5.74) is 0.850. The van der Waals surface area contributed by atoms with Crippen LogP contribution in [0.15, 0.2) is 41.4 Å². The van der Waals surface area contributed by atoms with Crippen LogP contribution in [0.25, 0.3) is 0 Å². The van der Waals surface area contributed by atoms with Crippen molar-refractivity contribution in [1.29, 1.82) is 0 Å². The van der Waals surface area contributed by atoms with Gasteiger partial charge in [0.15, 0.2) is 0 Å². The highest BCUT2D eigenvalue weighted by Crippen LogP contribution is 2.22. The Kier molecular flexibility index (Phi) is 5.35. The number of hydrogen-bond acceptors (Lipinski definition) is 4. The maximum absolute atomic E-state index is 13.3. The van der Waals surface area contributed by atoms with Gasteiger partial charge in [-0.25, -0.2) is 4.39 Å². The Balaban J connectivity index is 2.07. The molecule has 0 fully saturated rings. The fraction of sp³-hybridized carbons (Fsp3) is 0.188. The van der Waals surface area contributed by atoms with E-state index in [1.807, 2.05) is 0 Å². The van der Waals surface area contributed by atoms with E-state index in [9.17, 15) is 14.6 Å². The number of aliphatic hydroxyl groups excluding tert-OH is 1. The lowest BCUT2D eigenvalue weighted by atomic mass is 10.1. The van der Waals surface area contributed by atoms with Crippen molar-refractivity contribution in [2.24, 2.45) is 4.99 Å². The van der Waals surface area contributed by atoms with E-state index in [0.717, 1.165) is 0 Å². The van der Waals surface area contributed by atoms with Gasteiger partial charge in [-0.05, 0) is 35.9 Å². The average molecular weight is 324 g/mol. The van der Waals surface area contributed by atoms with Gasteiger partial charge < -0.3 is 14.9 Å². The SMILES string of the molecule is COc1ccc(O)c(C=NCC(O)c2ccc(Cl)c(F)c2)c1. The molecule has 2 rings (SSSR count). The van der Waals surface area contributed by atoms with Crippen molar-refractivity contribution in [3.05, 3.63) is 58.4 Å². The maximum Gasteiger partial charge on any atom is 0.142 e. The number of phenols is 1. The van der Waals surface area contributed by atoms with Crippen molar-refractivity contribution in [2.75, 3.05) is 13.7 Å². The van der Waals surface area contributed by atoms with Gasteiger partial charge in [0.1, 0.15) is 17.3 Å². The molecular formula is C16H15ClFNO3. The smallest absolute Gasteiger partial charge is 0.142 e. The third-order valence-electron chi connectivity index (χ3n) is 3.07. The van der Waals surface area contributed by atoms with E-state index in [-0.39, 0.29) is 17.3 Å².